The minimum Gasteiger partial charge on any atom is -0.459 e. The van der Waals surface area contributed by atoms with Crippen molar-refractivity contribution in [3.63, 3.8) is 0 Å². The second kappa shape index (κ2) is 9.02. The number of esters is 1. The van der Waals surface area contributed by atoms with Crippen LogP contribution in [0.3, 0.4) is 0 Å². The number of nitrogens with zero attached hydrogens (tertiary/aromatic N) is 3. The van der Waals surface area contributed by atoms with E-state index < -0.39 is 17.7 Å². The van der Waals surface area contributed by atoms with Crippen LogP contribution < -0.4 is 4.90 Å². The highest BCUT2D eigenvalue weighted by atomic mass is 16.6. The Hall–Kier alpha value is -3.35. The zero-order valence-corrected chi connectivity index (χ0v) is 18.8. The van der Waals surface area contributed by atoms with Gasteiger partial charge in [0.25, 0.3) is 0 Å². The Kier molecular flexibility index (Phi) is 6.17. The van der Waals surface area contributed by atoms with Crippen LogP contribution in [0.25, 0.3) is 11.0 Å². The number of carbonyl (C=O) groups is 2. The van der Waals surface area contributed by atoms with Crippen molar-refractivity contribution >= 4 is 29.0 Å². The van der Waals surface area contributed by atoms with E-state index in [0.29, 0.717) is 29.9 Å². The fourth-order valence-electron chi connectivity index (χ4n) is 3.93. The number of benzene rings is 2. The molecular formula is C25H29N3O4. The molecular weight excluding hydrogens is 406 g/mol. The quantitative estimate of drug-likeness (QED) is 0.542. The first-order valence-electron chi connectivity index (χ1n) is 11.0. The van der Waals surface area contributed by atoms with Gasteiger partial charge in [-0.2, -0.15) is 0 Å². The normalized spacial score (nSPS) is 16.7. The Balaban J connectivity index is 1.65. The number of hydrogen-bond donors (Lipinski definition) is 0. The molecule has 4 rings (SSSR count). The number of piperidine rings is 1. The molecule has 0 aliphatic carbocycles. The van der Waals surface area contributed by atoms with Crippen molar-refractivity contribution in [3.05, 3.63) is 60.2 Å². The summed E-state index contributed by atoms with van der Waals surface area (Å²) in [4.78, 5) is 32.8. The van der Waals surface area contributed by atoms with Gasteiger partial charge in [0.2, 0.25) is 5.95 Å². The van der Waals surface area contributed by atoms with Gasteiger partial charge in [-0.05, 0) is 57.7 Å². The lowest BCUT2D eigenvalue weighted by Gasteiger charge is -2.35. The van der Waals surface area contributed by atoms with E-state index in [1.165, 1.54) is 4.57 Å². The van der Waals surface area contributed by atoms with Crippen molar-refractivity contribution in [1.29, 1.82) is 0 Å². The third kappa shape index (κ3) is 4.77. The second-order valence-corrected chi connectivity index (χ2v) is 9.01. The number of imidazole rings is 1. The van der Waals surface area contributed by atoms with Crippen molar-refractivity contribution in [3.8, 4) is 0 Å². The molecule has 1 aliphatic rings. The summed E-state index contributed by atoms with van der Waals surface area (Å²) in [7, 11) is 0. The second-order valence-electron chi connectivity index (χ2n) is 9.01. The fraction of sp³-hybridized carbons (Fsp3) is 0.400. The van der Waals surface area contributed by atoms with Crippen molar-refractivity contribution < 1.29 is 19.1 Å². The van der Waals surface area contributed by atoms with Gasteiger partial charge >= 0.3 is 12.1 Å². The smallest absolute Gasteiger partial charge is 0.421 e. The van der Waals surface area contributed by atoms with E-state index in [9.17, 15) is 9.59 Å². The largest absolute Gasteiger partial charge is 0.459 e. The molecule has 168 valence electrons. The molecule has 0 amide bonds. The van der Waals surface area contributed by atoms with Crippen LogP contribution in [-0.4, -0.2) is 39.8 Å². The number of carbonyl (C=O) groups excluding carboxylic acids is 2. The molecule has 1 aromatic heterocycles. The van der Waals surface area contributed by atoms with Crippen molar-refractivity contribution in [2.75, 3.05) is 11.4 Å². The predicted molar refractivity (Wildman–Crippen MR) is 123 cm³/mol. The number of rotatable bonds is 4. The van der Waals surface area contributed by atoms with Gasteiger partial charge in [0.05, 0.1) is 11.0 Å². The maximum absolute atomic E-state index is 13.1. The molecule has 7 nitrogen and oxygen atoms in total. The molecule has 1 atom stereocenters. The molecule has 0 saturated carbocycles. The Labute approximate surface area is 187 Å². The molecule has 0 N–H and O–H groups in total. The van der Waals surface area contributed by atoms with Crippen molar-refractivity contribution in [1.82, 2.24) is 9.55 Å². The third-order valence-electron chi connectivity index (χ3n) is 5.37. The molecule has 0 unspecified atom stereocenters. The Morgan fingerprint density at radius 1 is 1.03 bits per heavy atom. The van der Waals surface area contributed by atoms with Crippen molar-refractivity contribution in [2.45, 2.75) is 58.3 Å². The zero-order valence-electron chi connectivity index (χ0n) is 18.8. The van der Waals surface area contributed by atoms with E-state index in [1.807, 2.05) is 80.3 Å². The molecule has 32 heavy (non-hydrogen) atoms. The Morgan fingerprint density at radius 3 is 2.50 bits per heavy atom. The van der Waals surface area contributed by atoms with Crippen LogP contribution in [0.15, 0.2) is 54.6 Å². The molecule has 2 aromatic carbocycles. The molecule has 0 radical (unpaired) electrons. The number of hydrogen-bond acceptors (Lipinski definition) is 6. The molecule has 7 heteroatoms. The first kappa shape index (κ1) is 21.9. The summed E-state index contributed by atoms with van der Waals surface area (Å²) < 4.78 is 12.8. The van der Waals surface area contributed by atoms with Gasteiger partial charge in [0.15, 0.2) is 0 Å². The van der Waals surface area contributed by atoms with E-state index in [2.05, 4.69) is 0 Å². The van der Waals surface area contributed by atoms with Crippen LogP contribution in [0.2, 0.25) is 0 Å². The number of aromatic nitrogens is 2. The van der Waals surface area contributed by atoms with Crippen LogP contribution in [0.4, 0.5) is 10.7 Å². The van der Waals surface area contributed by atoms with Crippen LogP contribution in [0.5, 0.6) is 0 Å². The summed E-state index contributed by atoms with van der Waals surface area (Å²) in [6.07, 6.45) is 1.95. The van der Waals surface area contributed by atoms with Gasteiger partial charge in [-0.25, -0.2) is 19.1 Å². The lowest BCUT2D eigenvalue weighted by Crippen LogP contribution is -2.47. The van der Waals surface area contributed by atoms with Gasteiger partial charge in [0, 0.05) is 6.54 Å². The summed E-state index contributed by atoms with van der Waals surface area (Å²) >= 11 is 0. The van der Waals surface area contributed by atoms with E-state index in [0.717, 1.165) is 18.4 Å². The number of ether oxygens (including phenoxy) is 2. The summed E-state index contributed by atoms with van der Waals surface area (Å²) in [5.41, 5.74) is 1.61. The summed E-state index contributed by atoms with van der Waals surface area (Å²) in [6, 6.07) is 16.5. The summed E-state index contributed by atoms with van der Waals surface area (Å²) in [6.45, 7) is 6.31. The van der Waals surface area contributed by atoms with E-state index in [4.69, 9.17) is 14.5 Å². The van der Waals surface area contributed by atoms with Crippen LogP contribution >= 0.6 is 0 Å². The summed E-state index contributed by atoms with van der Waals surface area (Å²) in [5, 5.41) is 0. The highest BCUT2D eigenvalue weighted by molar-refractivity contribution is 5.92. The molecule has 2 heterocycles. The first-order chi connectivity index (χ1) is 15.3. The maximum Gasteiger partial charge on any atom is 0.421 e. The van der Waals surface area contributed by atoms with Gasteiger partial charge < -0.3 is 14.4 Å². The molecule has 0 bridgehead atoms. The predicted octanol–water partition coefficient (Wildman–Crippen LogP) is 4.92. The SMILES string of the molecule is CC(C)(C)OC(=O)n1c(N2CCCC[C@H]2C(=O)OCc2ccccc2)nc2ccccc21. The van der Waals surface area contributed by atoms with Crippen LogP contribution in [-0.2, 0) is 20.9 Å². The first-order valence-corrected chi connectivity index (χ1v) is 11.0. The van der Waals surface area contributed by atoms with Gasteiger partial charge in [-0.15, -0.1) is 0 Å². The molecule has 1 fully saturated rings. The number of anilines is 1. The van der Waals surface area contributed by atoms with Crippen LogP contribution in [0.1, 0.15) is 45.6 Å². The topological polar surface area (TPSA) is 73.7 Å². The standard InChI is InChI=1S/C25H29N3O4/c1-25(2,3)32-24(30)28-20-14-8-7-13-19(20)26-23(28)27-16-10-9-15-21(27)22(29)31-17-18-11-5-4-6-12-18/h4-8,11-14,21H,9-10,15-17H2,1-3H3/t21-/m0/s1. The van der Waals surface area contributed by atoms with E-state index in [1.54, 1.807) is 0 Å². The van der Waals surface area contributed by atoms with Crippen molar-refractivity contribution in [2.24, 2.45) is 0 Å². The fourth-order valence-corrected chi connectivity index (χ4v) is 3.93. The maximum atomic E-state index is 13.1. The number of fused-ring (bicyclic) bond motifs is 1. The lowest BCUT2D eigenvalue weighted by atomic mass is 10.0. The van der Waals surface area contributed by atoms with E-state index >= 15 is 0 Å². The van der Waals surface area contributed by atoms with E-state index in [-0.39, 0.29) is 12.6 Å². The van der Waals surface area contributed by atoms with Gasteiger partial charge in [-0.1, -0.05) is 42.5 Å². The minimum atomic E-state index is -0.657. The highest BCUT2D eigenvalue weighted by Crippen LogP contribution is 2.30. The van der Waals surface area contributed by atoms with Gasteiger partial charge in [0.1, 0.15) is 18.2 Å². The lowest BCUT2D eigenvalue weighted by molar-refractivity contribution is -0.147. The van der Waals surface area contributed by atoms with Crippen LogP contribution in [0, 0.1) is 0 Å². The Bertz CT molecular complexity index is 1100. The molecule has 3 aromatic rings. The zero-order chi connectivity index (χ0) is 22.7. The third-order valence-corrected chi connectivity index (χ3v) is 5.37. The highest BCUT2D eigenvalue weighted by Gasteiger charge is 2.35. The molecule has 0 spiro atoms. The average Bonchev–Trinajstić information content (AvgIpc) is 3.17. The Morgan fingerprint density at radius 2 is 1.75 bits per heavy atom. The number of para-hydroxylation sites is 2. The monoisotopic (exact) mass is 435 g/mol. The molecule has 1 saturated heterocycles. The van der Waals surface area contributed by atoms with Gasteiger partial charge in [-0.3, -0.25) is 0 Å². The molecule has 1 aliphatic heterocycles. The summed E-state index contributed by atoms with van der Waals surface area (Å²) in [5.74, 6) is 0.109. The average molecular weight is 436 g/mol. The minimum absolute atomic E-state index is 0.215.